The maximum atomic E-state index is 13.3. The normalized spacial score (nSPS) is 9.88. The van der Waals surface area contributed by atoms with Crippen LogP contribution in [0.25, 0.3) is 0 Å². The fourth-order valence-corrected chi connectivity index (χ4v) is 1.09. The largest absolute Gasteiger partial charge is 0.490 e. The molecule has 16 heavy (non-hydrogen) atoms. The molecule has 1 N–H and O–H groups in total. The van der Waals surface area contributed by atoms with E-state index in [0.717, 1.165) is 11.6 Å². The lowest BCUT2D eigenvalue weighted by Crippen LogP contribution is -2.02. The number of ether oxygens (including phenoxy) is 1. The number of carboxylic acid groups (broad SMARTS) is 1. The molecule has 0 aromatic heterocycles. The van der Waals surface area contributed by atoms with Crippen LogP contribution in [-0.4, -0.2) is 17.7 Å². The molecule has 0 atom stereocenters. The molecule has 0 bridgehead atoms. The summed E-state index contributed by atoms with van der Waals surface area (Å²) in [7, 11) is 0. The Morgan fingerprint density at radius 2 is 2.25 bits per heavy atom. The molecule has 0 heterocycles. The third-order valence-corrected chi connectivity index (χ3v) is 1.97. The quantitative estimate of drug-likeness (QED) is 0.782. The van der Waals surface area contributed by atoms with Gasteiger partial charge in [0.1, 0.15) is 0 Å². The van der Waals surface area contributed by atoms with Crippen LogP contribution in [0.15, 0.2) is 30.4 Å². The Hall–Kier alpha value is -1.84. The van der Waals surface area contributed by atoms with Crippen molar-refractivity contribution in [1.29, 1.82) is 0 Å². The van der Waals surface area contributed by atoms with Gasteiger partial charge in [0, 0.05) is 6.42 Å². The van der Waals surface area contributed by atoms with Gasteiger partial charge in [-0.25, -0.2) is 9.18 Å². The SMILES string of the molecule is C=C(C)CCOc1ccc(C(=O)O)cc1F. The predicted octanol–water partition coefficient (Wildman–Crippen LogP) is 2.87. The summed E-state index contributed by atoms with van der Waals surface area (Å²) >= 11 is 0. The first-order chi connectivity index (χ1) is 7.50. The Bertz CT molecular complexity index is 413. The van der Waals surface area contributed by atoms with Gasteiger partial charge in [-0.15, -0.1) is 6.58 Å². The van der Waals surface area contributed by atoms with Gasteiger partial charge < -0.3 is 9.84 Å². The van der Waals surface area contributed by atoms with Gasteiger partial charge in [0.25, 0.3) is 0 Å². The molecule has 0 saturated heterocycles. The van der Waals surface area contributed by atoms with Crippen molar-refractivity contribution in [2.45, 2.75) is 13.3 Å². The van der Waals surface area contributed by atoms with E-state index in [0.29, 0.717) is 13.0 Å². The Balaban J connectivity index is 2.68. The molecule has 1 aromatic rings. The van der Waals surface area contributed by atoms with Crippen molar-refractivity contribution in [2.24, 2.45) is 0 Å². The molecule has 1 aromatic carbocycles. The van der Waals surface area contributed by atoms with Crippen LogP contribution in [0.1, 0.15) is 23.7 Å². The lowest BCUT2D eigenvalue weighted by atomic mass is 10.2. The van der Waals surface area contributed by atoms with E-state index in [1.54, 1.807) is 0 Å². The van der Waals surface area contributed by atoms with Crippen molar-refractivity contribution < 1.29 is 19.0 Å². The maximum Gasteiger partial charge on any atom is 0.335 e. The second kappa shape index (κ2) is 5.30. The minimum Gasteiger partial charge on any atom is -0.490 e. The second-order valence-electron chi connectivity index (χ2n) is 3.51. The average molecular weight is 224 g/mol. The Morgan fingerprint density at radius 3 is 2.75 bits per heavy atom. The molecule has 86 valence electrons. The highest BCUT2D eigenvalue weighted by atomic mass is 19.1. The van der Waals surface area contributed by atoms with Crippen LogP contribution in [-0.2, 0) is 0 Å². The van der Waals surface area contributed by atoms with Crippen LogP contribution in [0.3, 0.4) is 0 Å². The molecule has 3 nitrogen and oxygen atoms in total. The van der Waals surface area contributed by atoms with Crippen molar-refractivity contribution in [3.63, 3.8) is 0 Å². The van der Waals surface area contributed by atoms with E-state index in [-0.39, 0.29) is 11.3 Å². The maximum absolute atomic E-state index is 13.3. The highest BCUT2D eigenvalue weighted by Crippen LogP contribution is 2.18. The van der Waals surface area contributed by atoms with E-state index in [1.807, 2.05) is 6.92 Å². The van der Waals surface area contributed by atoms with Gasteiger partial charge in [-0.1, -0.05) is 5.57 Å². The molecule has 0 spiro atoms. The molecule has 1 rings (SSSR count). The third kappa shape index (κ3) is 3.38. The highest BCUT2D eigenvalue weighted by molar-refractivity contribution is 5.87. The summed E-state index contributed by atoms with van der Waals surface area (Å²) in [5.41, 5.74) is 0.854. The van der Waals surface area contributed by atoms with Gasteiger partial charge in [0.05, 0.1) is 12.2 Å². The number of benzene rings is 1. The Labute approximate surface area is 93.2 Å². The Kier molecular flexibility index (Phi) is 4.05. The van der Waals surface area contributed by atoms with Crippen LogP contribution < -0.4 is 4.74 Å². The molecule has 0 unspecified atom stereocenters. The summed E-state index contributed by atoms with van der Waals surface area (Å²) in [6.45, 7) is 5.88. The second-order valence-corrected chi connectivity index (χ2v) is 3.51. The third-order valence-electron chi connectivity index (χ3n) is 1.97. The summed E-state index contributed by atoms with van der Waals surface area (Å²) in [5.74, 6) is -1.76. The monoisotopic (exact) mass is 224 g/mol. The van der Waals surface area contributed by atoms with Crippen LogP contribution in [0.4, 0.5) is 4.39 Å². The first-order valence-electron chi connectivity index (χ1n) is 4.80. The van der Waals surface area contributed by atoms with E-state index < -0.39 is 11.8 Å². The van der Waals surface area contributed by atoms with Crippen LogP contribution >= 0.6 is 0 Å². The summed E-state index contributed by atoms with van der Waals surface area (Å²) in [4.78, 5) is 10.5. The van der Waals surface area contributed by atoms with Crippen LogP contribution in [0.2, 0.25) is 0 Å². The topological polar surface area (TPSA) is 46.5 Å². The minimum atomic E-state index is -1.16. The van der Waals surface area contributed by atoms with Gasteiger partial charge in [-0.2, -0.15) is 0 Å². The molecule has 0 radical (unpaired) electrons. The summed E-state index contributed by atoms with van der Waals surface area (Å²) in [6, 6.07) is 3.57. The zero-order valence-electron chi connectivity index (χ0n) is 9.00. The van der Waals surface area contributed by atoms with Gasteiger partial charge in [-0.3, -0.25) is 0 Å². The number of halogens is 1. The molecule has 0 fully saturated rings. The van der Waals surface area contributed by atoms with Crippen molar-refractivity contribution in [3.8, 4) is 5.75 Å². The first kappa shape index (κ1) is 12.2. The number of carboxylic acids is 1. The standard InChI is InChI=1S/C12H13FO3/c1-8(2)5-6-16-11-4-3-9(12(14)15)7-10(11)13/h3-4,7H,1,5-6H2,2H3,(H,14,15). The average Bonchev–Trinajstić information content (AvgIpc) is 2.19. The van der Waals surface area contributed by atoms with Crippen LogP contribution in [0.5, 0.6) is 5.75 Å². The molecule has 0 amide bonds. The number of aromatic carboxylic acids is 1. The lowest BCUT2D eigenvalue weighted by Gasteiger charge is -2.07. The molecule has 0 aliphatic rings. The number of hydrogen-bond donors (Lipinski definition) is 1. The van der Waals surface area contributed by atoms with E-state index in [1.165, 1.54) is 12.1 Å². The van der Waals surface area contributed by atoms with Crippen molar-refractivity contribution in [1.82, 2.24) is 0 Å². The van der Waals surface area contributed by atoms with Gasteiger partial charge >= 0.3 is 5.97 Å². The zero-order chi connectivity index (χ0) is 12.1. The van der Waals surface area contributed by atoms with E-state index in [9.17, 15) is 9.18 Å². The number of hydrogen-bond acceptors (Lipinski definition) is 2. The molecule has 0 aliphatic heterocycles. The van der Waals surface area contributed by atoms with Gasteiger partial charge in [0.2, 0.25) is 0 Å². The zero-order valence-corrected chi connectivity index (χ0v) is 9.00. The van der Waals surface area contributed by atoms with E-state index in [4.69, 9.17) is 9.84 Å². The Morgan fingerprint density at radius 1 is 1.56 bits per heavy atom. The molecule has 0 saturated carbocycles. The number of carbonyl (C=O) groups is 1. The van der Waals surface area contributed by atoms with E-state index in [2.05, 4.69) is 6.58 Å². The van der Waals surface area contributed by atoms with Gasteiger partial charge in [0.15, 0.2) is 11.6 Å². The fourth-order valence-electron chi connectivity index (χ4n) is 1.09. The van der Waals surface area contributed by atoms with Crippen LogP contribution in [0, 0.1) is 5.82 Å². The molecule has 0 aliphatic carbocycles. The summed E-state index contributed by atoms with van der Waals surface area (Å²) < 4.78 is 18.5. The highest BCUT2D eigenvalue weighted by Gasteiger charge is 2.08. The fraction of sp³-hybridized carbons (Fsp3) is 0.250. The number of rotatable bonds is 5. The smallest absolute Gasteiger partial charge is 0.335 e. The van der Waals surface area contributed by atoms with Crippen molar-refractivity contribution >= 4 is 5.97 Å². The molecular formula is C12H13FO3. The van der Waals surface area contributed by atoms with Gasteiger partial charge in [-0.05, 0) is 25.1 Å². The lowest BCUT2D eigenvalue weighted by molar-refractivity contribution is 0.0696. The first-order valence-corrected chi connectivity index (χ1v) is 4.80. The summed E-state index contributed by atoms with van der Waals surface area (Å²) in [6.07, 6.45) is 0.639. The van der Waals surface area contributed by atoms with Crippen molar-refractivity contribution in [2.75, 3.05) is 6.61 Å². The van der Waals surface area contributed by atoms with E-state index >= 15 is 0 Å². The summed E-state index contributed by atoms with van der Waals surface area (Å²) in [5, 5.41) is 8.63. The predicted molar refractivity (Wildman–Crippen MR) is 58.3 cm³/mol. The molecule has 4 heteroatoms. The minimum absolute atomic E-state index is 0.0613. The molecular weight excluding hydrogens is 211 g/mol. The van der Waals surface area contributed by atoms with Crippen molar-refractivity contribution in [3.05, 3.63) is 41.7 Å².